The molecule has 0 atom stereocenters. The molecule has 0 spiro atoms. The number of nitrogens with two attached hydrogens (primary N) is 1. The fraction of sp³-hybridized carbons (Fsp3) is 0.524. The standard InChI is InChI=1S/C21H28N2O2S/c1-15-19(14-16-6-3-2-4-7-16)21(20-8-5-13-23(15)20)17-9-11-18(12-10-17)26(22,24)25/h9-12,16H,2-8,13-14H2,1H3,(H2,22,24,25). The first-order valence-corrected chi connectivity index (χ1v) is 11.3. The van der Waals surface area contributed by atoms with Crippen molar-refractivity contribution in [2.75, 3.05) is 0 Å². The molecule has 2 aromatic rings. The lowest BCUT2D eigenvalue weighted by Gasteiger charge is -2.22. The van der Waals surface area contributed by atoms with E-state index in [9.17, 15) is 8.42 Å². The topological polar surface area (TPSA) is 65.1 Å². The Kier molecular flexibility index (Phi) is 4.70. The van der Waals surface area contributed by atoms with E-state index >= 15 is 0 Å². The highest BCUT2D eigenvalue weighted by Gasteiger charge is 2.26. The number of hydrogen-bond donors (Lipinski definition) is 1. The van der Waals surface area contributed by atoms with Crippen LogP contribution in [0, 0.1) is 12.8 Å². The van der Waals surface area contributed by atoms with Gasteiger partial charge in [0.1, 0.15) is 0 Å². The molecule has 1 aromatic carbocycles. The Morgan fingerprint density at radius 3 is 2.42 bits per heavy atom. The molecule has 0 saturated heterocycles. The van der Waals surface area contributed by atoms with Crippen molar-refractivity contribution in [2.45, 2.75) is 69.7 Å². The molecule has 2 N–H and O–H groups in total. The average molecular weight is 373 g/mol. The number of primary sulfonamides is 1. The molecule has 1 aromatic heterocycles. The first-order chi connectivity index (χ1) is 12.4. The third-order valence-corrected chi connectivity index (χ3v) is 7.17. The number of nitrogens with zero attached hydrogens (tertiary/aromatic N) is 1. The van der Waals surface area contributed by atoms with Gasteiger partial charge in [-0.15, -0.1) is 0 Å². The Bertz CT molecular complexity index is 904. The molecule has 1 aliphatic carbocycles. The maximum absolute atomic E-state index is 11.6. The molecule has 26 heavy (non-hydrogen) atoms. The summed E-state index contributed by atoms with van der Waals surface area (Å²) in [5.74, 6) is 0.785. The van der Waals surface area contributed by atoms with E-state index in [1.165, 1.54) is 61.0 Å². The first-order valence-electron chi connectivity index (χ1n) is 9.79. The van der Waals surface area contributed by atoms with E-state index in [-0.39, 0.29) is 4.90 Å². The van der Waals surface area contributed by atoms with Crippen molar-refractivity contribution in [1.82, 2.24) is 4.57 Å². The fourth-order valence-corrected chi connectivity index (χ4v) is 5.42. The summed E-state index contributed by atoms with van der Waals surface area (Å²) in [5, 5.41) is 5.26. The zero-order valence-electron chi connectivity index (χ0n) is 15.5. The summed E-state index contributed by atoms with van der Waals surface area (Å²) < 4.78 is 25.6. The fourth-order valence-electron chi connectivity index (χ4n) is 4.90. The first kappa shape index (κ1) is 17.8. The van der Waals surface area contributed by atoms with Gasteiger partial charge in [-0.1, -0.05) is 44.2 Å². The van der Waals surface area contributed by atoms with Crippen molar-refractivity contribution in [2.24, 2.45) is 11.1 Å². The van der Waals surface area contributed by atoms with Gasteiger partial charge in [0.25, 0.3) is 0 Å². The van der Waals surface area contributed by atoms with Gasteiger partial charge in [0.2, 0.25) is 10.0 Å². The van der Waals surface area contributed by atoms with Crippen LogP contribution in [0.5, 0.6) is 0 Å². The maximum Gasteiger partial charge on any atom is 0.238 e. The number of fused-ring (bicyclic) bond motifs is 1. The molecule has 140 valence electrons. The van der Waals surface area contributed by atoms with Gasteiger partial charge in [0.15, 0.2) is 0 Å². The lowest BCUT2D eigenvalue weighted by molar-refractivity contribution is 0.356. The Labute approximate surface area is 156 Å². The SMILES string of the molecule is Cc1c(CC2CCCCC2)c(-c2ccc(S(N)(=O)=O)cc2)c2n1CCC2. The molecule has 4 rings (SSSR count). The maximum atomic E-state index is 11.6. The van der Waals surface area contributed by atoms with Crippen molar-refractivity contribution in [3.63, 3.8) is 0 Å². The third-order valence-electron chi connectivity index (χ3n) is 6.24. The smallest absolute Gasteiger partial charge is 0.238 e. The molecule has 0 bridgehead atoms. The van der Waals surface area contributed by atoms with Crippen molar-refractivity contribution < 1.29 is 8.42 Å². The minimum absolute atomic E-state index is 0.183. The Balaban J connectivity index is 1.75. The molecule has 0 radical (unpaired) electrons. The van der Waals surface area contributed by atoms with Crippen LogP contribution in [0.25, 0.3) is 11.1 Å². The molecule has 2 aliphatic rings. The zero-order valence-corrected chi connectivity index (χ0v) is 16.3. The van der Waals surface area contributed by atoms with Crippen LogP contribution in [0.1, 0.15) is 55.5 Å². The van der Waals surface area contributed by atoms with Crippen LogP contribution in [-0.2, 0) is 29.4 Å². The van der Waals surface area contributed by atoms with E-state index in [0.29, 0.717) is 0 Å². The van der Waals surface area contributed by atoms with E-state index in [1.54, 1.807) is 12.1 Å². The summed E-state index contributed by atoms with van der Waals surface area (Å²) in [6.45, 7) is 3.36. The number of aromatic nitrogens is 1. The molecule has 0 amide bonds. The lowest BCUT2D eigenvalue weighted by Crippen LogP contribution is -2.12. The summed E-state index contributed by atoms with van der Waals surface area (Å²) in [6, 6.07) is 7.14. The average Bonchev–Trinajstić information content (AvgIpc) is 3.19. The Morgan fingerprint density at radius 1 is 1.08 bits per heavy atom. The molecule has 5 heteroatoms. The van der Waals surface area contributed by atoms with Crippen LogP contribution in [0.4, 0.5) is 0 Å². The van der Waals surface area contributed by atoms with Crippen LogP contribution in [0.2, 0.25) is 0 Å². The van der Waals surface area contributed by atoms with E-state index < -0.39 is 10.0 Å². The Hall–Kier alpha value is -1.59. The number of sulfonamides is 1. The molecule has 1 saturated carbocycles. The normalized spacial score (nSPS) is 18.2. The van der Waals surface area contributed by atoms with E-state index in [2.05, 4.69) is 11.5 Å². The summed E-state index contributed by atoms with van der Waals surface area (Å²) in [6.07, 6.45) is 10.2. The van der Waals surface area contributed by atoms with Crippen molar-refractivity contribution in [3.05, 3.63) is 41.2 Å². The predicted molar refractivity (Wildman–Crippen MR) is 105 cm³/mol. The second kappa shape index (κ2) is 6.86. The summed E-state index contributed by atoms with van der Waals surface area (Å²) >= 11 is 0. The van der Waals surface area contributed by atoms with E-state index in [1.807, 2.05) is 12.1 Å². The molecule has 4 nitrogen and oxygen atoms in total. The van der Waals surface area contributed by atoms with Crippen molar-refractivity contribution in [1.29, 1.82) is 0 Å². The number of benzene rings is 1. The third kappa shape index (κ3) is 3.23. The molecular formula is C21H28N2O2S. The van der Waals surface area contributed by atoms with Gasteiger partial charge in [-0.05, 0) is 55.4 Å². The van der Waals surface area contributed by atoms with Gasteiger partial charge in [0, 0.05) is 23.5 Å². The second-order valence-corrected chi connectivity index (χ2v) is 9.48. The van der Waals surface area contributed by atoms with Gasteiger partial charge in [-0.2, -0.15) is 0 Å². The highest BCUT2D eigenvalue weighted by Crippen LogP contribution is 2.39. The largest absolute Gasteiger partial charge is 0.348 e. The van der Waals surface area contributed by atoms with Crippen LogP contribution >= 0.6 is 0 Å². The summed E-state index contributed by atoms with van der Waals surface area (Å²) in [5.41, 5.74) is 6.80. The predicted octanol–water partition coefficient (Wildman–Crippen LogP) is 4.18. The van der Waals surface area contributed by atoms with Gasteiger partial charge in [0.05, 0.1) is 4.90 Å². The molecule has 0 unspecified atom stereocenters. The molecule has 2 heterocycles. The van der Waals surface area contributed by atoms with E-state index in [4.69, 9.17) is 5.14 Å². The van der Waals surface area contributed by atoms with Crippen LogP contribution in [0.3, 0.4) is 0 Å². The van der Waals surface area contributed by atoms with Crippen molar-refractivity contribution >= 4 is 10.0 Å². The minimum Gasteiger partial charge on any atom is -0.348 e. The van der Waals surface area contributed by atoms with Crippen LogP contribution in [0.15, 0.2) is 29.2 Å². The van der Waals surface area contributed by atoms with Gasteiger partial charge in [-0.25, -0.2) is 13.6 Å². The highest BCUT2D eigenvalue weighted by molar-refractivity contribution is 7.89. The number of rotatable bonds is 4. The summed E-state index contributed by atoms with van der Waals surface area (Å²) in [4.78, 5) is 0.183. The molecule has 1 aliphatic heterocycles. The highest BCUT2D eigenvalue weighted by atomic mass is 32.2. The monoisotopic (exact) mass is 372 g/mol. The van der Waals surface area contributed by atoms with Gasteiger partial charge >= 0.3 is 0 Å². The van der Waals surface area contributed by atoms with Gasteiger partial charge in [-0.3, -0.25) is 0 Å². The minimum atomic E-state index is -3.65. The van der Waals surface area contributed by atoms with Gasteiger partial charge < -0.3 is 4.57 Å². The second-order valence-electron chi connectivity index (χ2n) is 7.92. The Morgan fingerprint density at radius 2 is 1.77 bits per heavy atom. The van der Waals surface area contributed by atoms with E-state index in [0.717, 1.165) is 30.9 Å². The quantitative estimate of drug-likeness (QED) is 0.875. The number of hydrogen-bond acceptors (Lipinski definition) is 2. The van der Waals surface area contributed by atoms with Crippen molar-refractivity contribution in [3.8, 4) is 11.1 Å². The summed E-state index contributed by atoms with van der Waals surface area (Å²) in [7, 11) is -3.65. The lowest BCUT2D eigenvalue weighted by atomic mass is 9.83. The van der Waals surface area contributed by atoms with Crippen LogP contribution < -0.4 is 5.14 Å². The zero-order chi connectivity index (χ0) is 18.3. The molecular weight excluding hydrogens is 344 g/mol. The molecule has 1 fully saturated rings. The van der Waals surface area contributed by atoms with Crippen LogP contribution in [-0.4, -0.2) is 13.0 Å².